The molecule has 0 unspecified atom stereocenters. The number of ether oxygens (including phenoxy) is 2. The van der Waals surface area contributed by atoms with Crippen LogP contribution in [0.15, 0.2) is 30.3 Å². The Labute approximate surface area is 146 Å². The van der Waals surface area contributed by atoms with Gasteiger partial charge in [-0.1, -0.05) is 17.7 Å². The maximum atomic E-state index is 14.4. The quantitative estimate of drug-likeness (QED) is 0.896. The van der Waals surface area contributed by atoms with Gasteiger partial charge in [0.15, 0.2) is 11.5 Å². The summed E-state index contributed by atoms with van der Waals surface area (Å²) in [5.41, 5.74) is 2.74. The van der Waals surface area contributed by atoms with Crippen LogP contribution in [0.2, 0.25) is 5.02 Å². The molecule has 128 valence electrons. The van der Waals surface area contributed by atoms with Gasteiger partial charge in [0.2, 0.25) is 0 Å². The Morgan fingerprint density at radius 2 is 1.88 bits per heavy atom. The molecule has 5 heteroatoms. The van der Waals surface area contributed by atoms with Crippen molar-refractivity contribution >= 4 is 11.6 Å². The van der Waals surface area contributed by atoms with Crippen molar-refractivity contribution in [3.05, 3.63) is 57.9 Å². The monoisotopic (exact) mass is 350 g/mol. The number of rotatable bonds is 5. The van der Waals surface area contributed by atoms with Crippen LogP contribution in [-0.2, 0) is 6.42 Å². The number of nitrogens with two attached hydrogens (primary N) is 1. The minimum absolute atomic E-state index is 0.169. The second kappa shape index (κ2) is 7.41. The molecule has 0 aliphatic carbocycles. The zero-order chi connectivity index (χ0) is 17.1. The van der Waals surface area contributed by atoms with E-state index in [2.05, 4.69) is 5.32 Å². The van der Waals surface area contributed by atoms with Gasteiger partial charge in [-0.15, -0.1) is 0 Å². The van der Waals surface area contributed by atoms with Gasteiger partial charge in [0.05, 0.1) is 30.3 Å². The lowest BCUT2D eigenvalue weighted by Crippen LogP contribution is -2.87. The summed E-state index contributed by atoms with van der Waals surface area (Å²) in [6.45, 7) is 5.89. The molecule has 1 aliphatic rings. The van der Waals surface area contributed by atoms with E-state index in [0.717, 1.165) is 29.8 Å². The van der Waals surface area contributed by atoms with Gasteiger partial charge in [-0.3, -0.25) is 0 Å². The largest absolute Gasteiger partial charge is 0.490 e. The Kier molecular flexibility index (Phi) is 5.27. The Morgan fingerprint density at radius 3 is 2.54 bits per heavy atom. The number of hydrogen-bond acceptors (Lipinski definition) is 2. The molecule has 0 saturated carbocycles. The van der Waals surface area contributed by atoms with Crippen molar-refractivity contribution in [3.8, 4) is 11.5 Å². The summed E-state index contributed by atoms with van der Waals surface area (Å²) < 4.78 is 25.9. The van der Waals surface area contributed by atoms with Crippen molar-refractivity contribution in [1.29, 1.82) is 0 Å². The standard InChI is InChI=1S/C19H21ClFNO2/c1-3-23-16-10-12-8-9-22-19(13(12)11-17(16)24-4-2)18-14(20)6-5-7-15(18)21/h5-7,10-11,19,22H,3-4,8-9H2,1-2H3/p+1/t19-/m1/s1. The summed E-state index contributed by atoms with van der Waals surface area (Å²) in [6.07, 6.45) is 0.907. The van der Waals surface area contributed by atoms with Crippen LogP contribution in [0.5, 0.6) is 11.5 Å². The van der Waals surface area contributed by atoms with Crippen LogP contribution in [0.4, 0.5) is 4.39 Å². The molecule has 24 heavy (non-hydrogen) atoms. The number of halogens is 2. The van der Waals surface area contributed by atoms with Gasteiger partial charge in [0.1, 0.15) is 11.9 Å². The highest BCUT2D eigenvalue weighted by Crippen LogP contribution is 2.38. The fourth-order valence-electron chi connectivity index (χ4n) is 3.27. The smallest absolute Gasteiger partial charge is 0.161 e. The number of benzene rings is 2. The van der Waals surface area contributed by atoms with Crippen LogP contribution in [0.1, 0.15) is 36.6 Å². The number of fused-ring (bicyclic) bond motifs is 1. The first kappa shape index (κ1) is 17.1. The molecule has 2 aromatic rings. The zero-order valence-corrected chi connectivity index (χ0v) is 14.7. The third-order valence-corrected chi connectivity index (χ3v) is 4.60. The fraction of sp³-hybridized carbons (Fsp3) is 0.368. The molecule has 0 aromatic heterocycles. The van der Waals surface area contributed by atoms with E-state index in [1.165, 1.54) is 6.07 Å². The van der Waals surface area contributed by atoms with Crippen molar-refractivity contribution < 1.29 is 19.2 Å². The topological polar surface area (TPSA) is 35.1 Å². The molecular formula is C19H22ClFNO2+. The van der Waals surface area contributed by atoms with Crippen LogP contribution in [0.3, 0.4) is 0 Å². The molecule has 0 fully saturated rings. The number of hydrogen-bond donors (Lipinski definition) is 1. The fourth-order valence-corrected chi connectivity index (χ4v) is 3.55. The highest BCUT2D eigenvalue weighted by molar-refractivity contribution is 6.31. The minimum Gasteiger partial charge on any atom is -0.490 e. The molecule has 3 nitrogen and oxygen atoms in total. The summed E-state index contributed by atoms with van der Waals surface area (Å²) in [7, 11) is 0. The highest BCUT2D eigenvalue weighted by atomic mass is 35.5. The molecule has 0 spiro atoms. The molecular weight excluding hydrogens is 329 g/mol. The van der Waals surface area contributed by atoms with E-state index in [1.54, 1.807) is 12.1 Å². The van der Waals surface area contributed by atoms with Crippen LogP contribution in [0, 0.1) is 5.82 Å². The molecule has 1 aliphatic heterocycles. The van der Waals surface area contributed by atoms with Gasteiger partial charge in [-0.25, -0.2) is 4.39 Å². The lowest BCUT2D eigenvalue weighted by molar-refractivity contribution is -0.690. The molecule has 3 rings (SSSR count). The van der Waals surface area contributed by atoms with Crippen molar-refractivity contribution in [2.24, 2.45) is 0 Å². The van der Waals surface area contributed by atoms with E-state index in [4.69, 9.17) is 21.1 Å². The first-order chi connectivity index (χ1) is 11.7. The maximum Gasteiger partial charge on any atom is 0.161 e. The number of quaternary nitrogens is 1. The molecule has 0 amide bonds. The second-order valence-corrected chi connectivity index (χ2v) is 6.16. The Morgan fingerprint density at radius 1 is 1.17 bits per heavy atom. The zero-order valence-electron chi connectivity index (χ0n) is 13.9. The van der Waals surface area contributed by atoms with Crippen molar-refractivity contribution in [3.63, 3.8) is 0 Å². The van der Waals surface area contributed by atoms with E-state index >= 15 is 0 Å². The predicted octanol–water partition coefficient (Wildman–Crippen LogP) is 3.49. The third-order valence-electron chi connectivity index (χ3n) is 4.27. The SMILES string of the molecule is CCOc1cc2c(cc1OCC)[C@H](c1c(F)cccc1Cl)[NH2+]CC2. The average Bonchev–Trinajstić information content (AvgIpc) is 2.56. The van der Waals surface area contributed by atoms with Gasteiger partial charge in [0, 0.05) is 12.0 Å². The van der Waals surface area contributed by atoms with Gasteiger partial charge >= 0.3 is 0 Å². The summed E-state index contributed by atoms with van der Waals surface area (Å²) in [6, 6.07) is 8.67. The molecule has 0 radical (unpaired) electrons. The second-order valence-electron chi connectivity index (χ2n) is 5.75. The molecule has 0 bridgehead atoms. The molecule has 0 saturated heterocycles. The minimum atomic E-state index is -0.275. The van der Waals surface area contributed by atoms with Gasteiger partial charge in [-0.2, -0.15) is 0 Å². The first-order valence-electron chi connectivity index (χ1n) is 8.35. The molecule has 2 N–H and O–H groups in total. The van der Waals surface area contributed by atoms with E-state index in [9.17, 15) is 4.39 Å². The van der Waals surface area contributed by atoms with Gasteiger partial charge in [-0.05, 0) is 43.7 Å². The summed E-state index contributed by atoms with van der Waals surface area (Å²) >= 11 is 6.30. The summed E-state index contributed by atoms with van der Waals surface area (Å²) in [5.74, 6) is 1.17. The first-order valence-corrected chi connectivity index (χ1v) is 8.73. The third kappa shape index (κ3) is 3.21. The molecule has 1 atom stereocenters. The predicted molar refractivity (Wildman–Crippen MR) is 92.5 cm³/mol. The lowest BCUT2D eigenvalue weighted by atomic mass is 9.89. The summed E-state index contributed by atoms with van der Waals surface area (Å²) in [4.78, 5) is 0. The van der Waals surface area contributed by atoms with E-state index < -0.39 is 0 Å². The van der Waals surface area contributed by atoms with Crippen LogP contribution < -0.4 is 14.8 Å². The van der Waals surface area contributed by atoms with E-state index in [-0.39, 0.29) is 11.9 Å². The highest BCUT2D eigenvalue weighted by Gasteiger charge is 2.30. The Balaban J connectivity index is 2.11. The van der Waals surface area contributed by atoms with Crippen LogP contribution >= 0.6 is 11.6 Å². The van der Waals surface area contributed by atoms with Crippen LogP contribution in [0.25, 0.3) is 0 Å². The van der Waals surface area contributed by atoms with E-state index in [0.29, 0.717) is 29.5 Å². The average molecular weight is 351 g/mol. The van der Waals surface area contributed by atoms with E-state index in [1.807, 2.05) is 26.0 Å². The van der Waals surface area contributed by atoms with Gasteiger partial charge < -0.3 is 14.8 Å². The van der Waals surface area contributed by atoms with Crippen molar-refractivity contribution in [2.75, 3.05) is 19.8 Å². The normalized spacial score (nSPS) is 16.6. The van der Waals surface area contributed by atoms with Crippen molar-refractivity contribution in [2.45, 2.75) is 26.3 Å². The van der Waals surface area contributed by atoms with Gasteiger partial charge in [0.25, 0.3) is 0 Å². The Bertz CT molecular complexity index is 715. The molecule has 1 heterocycles. The van der Waals surface area contributed by atoms with Crippen molar-refractivity contribution in [1.82, 2.24) is 0 Å². The lowest BCUT2D eigenvalue weighted by Gasteiger charge is -2.26. The molecule has 2 aromatic carbocycles. The Hall–Kier alpha value is -1.78. The summed E-state index contributed by atoms with van der Waals surface area (Å²) in [5, 5.41) is 2.58. The van der Waals surface area contributed by atoms with Crippen LogP contribution in [-0.4, -0.2) is 19.8 Å². The maximum absolute atomic E-state index is 14.4.